The quantitative estimate of drug-likeness (QED) is 0.709. The van der Waals surface area contributed by atoms with Crippen molar-refractivity contribution >= 4 is 21.7 Å². The first kappa shape index (κ1) is 21.0. The number of rotatable bonds is 4. The molecule has 2 aliphatic heterocycles. The molecule has 0 saturated carbocycles. The molecule has 1 unspecified atom stereocenters. The maximum atomic E-state index is 13.0. The third kappa shape index (κ3) is 3.69. The van der Waals surface area contributed by atoms with Gasteiger partial charge in [0.15, 0.2) is 4.90 Å². The number of benzene rings is 1. The lowest BCUT2D eigenvalue weighted by Crippen LogP contribution is -2.44. The van der Waals surface area contributed by atoms with Gasteiger partial charge in [0.2, 0.25) is 5.88 Å². The van der Waals surface area contributed by atoms with Crippen LogP contribution in [0.3, 0.4) is 0 Å². The molecule has 1 fully saturated rings. The second-order valence-corrected chi connectivity index (χ2v) is 11.1. The second-order valence-electron chi connectivity index (χ2n) is 9.49. The number of sulfonamides is 1. The number of urea groups is 1. The number of carbonyl (C=O) groups is 1. The Kier molecular flexibility index (Phi) is 5.10. The number of fused-ring (bicyclic) bond motifs is 4. The number of carbonyl (C=O) groups excluding carboxylic acids is 1. The van der Waals surface area contributed by atoms with E-state index in [4.69, 9.17) is 4.74 Å². The molecule has 176 valence electrons. The number of anilines is 1. The van der Waals surface area contributed by atoms with Crippen LogP contribution in [0.1, 0.15) is 47.9 Å². The van der Waals surface area contributed by atoms with Gasteiger partial charge < -0.3 is 10.1 Å². The Bertz CT molecular complexity index is 1220. The Morgan fingerprint density at radius 2 is 1.79 bits per heavy atom. The molecule has 33 heavy (non-hydrogen) atoms. The van der Waals surface area contributed by atoms with Crippen LogP contribution in [0.2, 0.25) is 0 Å². The Morgan fingerprint density at radius 3 is 2.64 bits per heavy atom. The molecule has 6 rings (SSSR count). The normalized spacial score (nSPS) is 21.9. The summed E-state index contributed by atoms with van der Waals surface area (Å²) in [6, 6.07) is 1.46. The zero-order valence-corrected chi connectivity index (χ0v) is 19.4. The van der Waals surface area contributed by atoms with Crippen LogP contribution in [0, 0.1) is 0 Å². The third-order valence-electron chi connectivity index (χ3n) is 7.46. The summed E-state index contributed by atoms with van der Waals surface area (Å²) in [4.78, 5) is 15.0. The summed E-state index contributed by atoms with van der Waals surface area (Å²) in [6.45, 7) is 3.06. The van der Waals surface area contributed by atoms with E-state index in [0.29, 0.717) is 13.2 Å². The lowest BCUT2D eigenvalue weighted by Gasteiger charge is -2.31. The Morgan fingerprint density at radius 1 is 1.03 bits per heavy atom. The molecule has 0 spiro atoms. The highest BCUT2D eigenvalue weighted by molar-refractivity contribution is 7.90. The first-order valence-corrected chi connectivity index (χ1v) is 13.4. The molecule has 0 radical (unpaired) electrons. The molecule has 1 saturated heterocycles. The molecular weight excluding hydrogens is 442 g/mol. The van der Waals surface area contributed by atoms with Gasteiger partial charge in [-0.3, -0.25) is 4.90 Å². The molecule has 3 heterocycles. The fourth-order valence-corrected chi connectivity index (χ4v) is 6.90. The molecule has 1 atom stereocenters. The van der Waals surface area contributed by atoms with E-state index in [0.717, 1.165) is 62.9 Å². The van der Waals surface area contributed by atoms with Crippen molar-refractivity contribution in [2.75, 3.05) is 25.0 Å². The summed E-state index contributed by atoms with van der Waals surface area (Å²) in [5.41, 5.74) is 5.97. The van der Waals surface area contributed by atoms with Crippen LogP contribution in [0.5, 0.6) is 5.88 Å². The lowest BCUT2D eigenvalue weighted by molar-refractivity contribution is 0.0993. The van der Waals surface area contributed by atoms with Crippen molar-refractivity contribution in [2.24, 2.45) is 0 Å². The molecule has 0 bridgehead atoms. The van der Waals surface area contributed by atoms with E-state index in [2.05, 4.69) is 20.0 Å². The van der Waals surface area contributed by atoms with Gasteiger partial charge >= 0.3 is 6.03 Å². The Balaban J connectivity index is 1.18. The summed E-state index contributed by atoms with van der Waals surface area (Å²) >= 11 is 0. The Hall–Kier alpha value is -2.59. The third-order valence-corrected chi connectivity index (χ3v) is 8.78. The van der Waals surface area contributed by atoms with Crippen molar-refractivity contribution in [2.45, 2.75) is 68.8 Å². The van der Waals surface area contributed by atoms with Gasteiger partial charge in [-0.05, 0) is 92.8 Å². The zero-order valence-electron chi connectivity index (χ0n) is 18.6. The summed E-state index contributed by atoms with van der Waals surface area (Å²) < 4.78 is 35.6. The van der Waals surface area contributed by atoms with Crippen LogP contribution in [0.15, 0.2) is 17.2 Å². The van der Waals surface area contributed by atoms with E-state index in [1.165, 1.54) is 35.7 Å². The van der Waals surface area contributed by atoms with Gasteiger partial charge in [-0.1, -0.05) is 0 Å². The highest BCUT2D eigenvalue weighted by Gasteiger charge is 2.34. The van der Waals surface area contributed by atoms with E-state index in [1.807, 2.05) is 6.07 Å². The monoisotopic (exact) mass is 471 g/mol. The highest BCUT2D eigenvalue weighted by atomic mass is 32.2. The molecule has 2 aliphatic carbocycles. The number of amides is 2. The van der Waals surface area contributed by atoms with Gasteiger partial charge in [-0.15, -0.1) is 0 Å². The first-order chi connectivity index (χ1) is 16.0. The summed E-state index contributed by atoms with van der Waals surface area (Å²) in [5.74, 6) is 0.198. The van der Waals surface area contributed by atoms with Crippen molar-refractivity contribution in [3.63, 3.8) is 0 Å². The number of aromatic nitrogens is 2. The van der Waals surface area contributed by atoms with Gasteiger partial charge in [0.25, 0.3) is 10.0 Å². The van der Waals surface area contributed by atoms with E-state index < -0.39 is 16.1 Å². The van der Waals surface area contributed by atoms with E-state index in [-0.39, 0.29) is 16.8 Å². The average Bonchev–Trinajstić information content (AvgIpc) is 3.59. The molecule has 2 aromatic rings. The minimum Gasteiger partial charge on any atom is -0.475 e. The van der Waals surface area contributed by atoms with Gasteiger partial charge in [0, 0.05) is 5.69 Å². The highest BCUT2D eigenvalue weighted by Crippen LogP contribution is 2.38. The van der Waals surface area contributed by atoms with Crippen molar-refractivity contribution in [1.82, 2.24) is 19.4 Å². The predicted molar refractivity (Wildman–Crippen MR) is 122 cm³/mol. The largest absolute Gasteiger partial charge is 0.475 e. The van der Waals surface area contributed by atoms with Crippen molar-refractivity contribution < 1.29 is 17.9 Å². The number of ether oxygens (including phenoxy) is 1. The number of likely N-dealkylation sites (tertiary alicyclic amines) is 1. The first-order valence-electron chi connectivity index (χ1n) is 11.9. The summed E-state index contributed by atoms with van der Waals surface area (Å²) in [5, 5.41) is 7.05. The standard InChI is InChI=1S/C23H29N5O4S/c29-23(25-20-11-15-5-3-6-17(15)18-7-4-8-19(18)20)26-33(30,31)21-12-24-28-13-16(14-32-22(21)28)27-9-1-2-10-27/h11-12,16H,1-10,13-14H2,(H2,25,26,29). The molecule has 10 heteroatoms. The minimum absolute atomic E-state index is 0.100. The lowest BCUT2D eigenvalue weighted by atomic mass is 9.98. The van der Waals surface area contributed by atoms with Crippen LogP contribution in [0.4, 0.5) is 10.5 Å². The minimum atomic E-state index is -4.12. The maximum Gasteiger partial charge on any atom is 0.333 e. The number of nitrogens with one attached hydrogen (secondary N) is 2. The van der Waals surface area contributed by atoms with Crippen LogP contribution in [-0.2, 0) is 42.3 Å². The molecule has 2 amide bonds. The van der Waals surface area contributed by atoms with Crippen LogP contribution >= 0.6 is 0 Å². The maximum absolute atomic E-state index is 13.0. The van der Waals surface area contributed by atoms with Crippen LogP contribution in [-0.4, -0.2) is 54.9 Å². The molecule has 1 aromatic heterocycles. The number of aryl methyl sites for hydroxylation is 1. The SMILES string of the molecule is O=C(Nc1cc2c(c3c1CCC3)CCC2)NS(=O)(=O)c1cnn2c1OCC(N1CCCC1)C2. The van der Waals surface area contributed by atoms with Crippen LogP contribution < -0.4 is 14.8 Å². The van der Waals surface area contributed by atoms with Gasteiger partial charge in [-0.25, -0.2) is 22.6 Å². The van der Waals surface area contributed by atoms with Crippen molar-refractivity contribution in [3.05, 3.63) is 34.5 Å². The fourth-order valence-electron chi connectivity index (χ4n) is 5.91. The zero-order chi connectivity index (χ0) is 22.6. The molecule has 4 aliphatic rings. The topological polar surface area (TPSA) is 106 Å². The summed E-state index contributed by atoms with van der Waals surface area (Å²) in [6.07, 6.45) is 9.88. The number of hydrogen-bond donors (Lipinski definition) is 2. The van der Waals surface area contributed by atoms with Crippen molar-refractivity contribution in [3.8, 4) is 5.88 Å². The summed E-state index contributed by atoms with van der Waals surface area (Å²) in [7, 11) is -4.12. The molecule has 1 aromatic carbocycles. The smallest absolute Gasteiger partial charge is 0.333 e. The van der Waals surface area contributed by atoms with Gasteiger partial charge in [0.05, 0.1) is 18.8 Å². The Labute approximate surface area is 193 Å². The number of hydrogen-bond acceptors (Lipinski definition) is 6. The van der Waals surface area contributed by atoms with Gasteiger partial charge in [0.1, 0.15) is 6.61 Å². The average molecular weight is 472 g/mol. The van der Waals surface area contributed by atoms with Crippen molar-refractivity contribution in [1.29, 1.82) is 0 Å². The molecule has 2 N–H and O–H groups in total. The molecular formula is C23H29N5O4S. The predicted octanol–water partition coefficient (Wildman–Crippen LogP) is 2.23. The van der Waals surface area contributed by atoms with Gasteiger partial charge in [-0.2, -0.15) is 5.10 Å². The van der Waals surface area contributed by atoms with Crippen LogP contribution in [0.25, 0.3) is 0 Å². The van der Waals surface area contributed by atoms with E-state index in [9.17, 15) is 13.2 Å². The fraction of sp³-hybridized carbons (Fsp3) is 0.565. The second kappa shape index (κ2) is 8.02. The van der Waals surface area contributed by atoms with E-state index >= 15 is 0 Å². The van der Waals surface area contributed by atoms with E-state index in [1.54, 1.807) is 4.68 Å². The molecule has 9 nitrogen and oxygen atoms in total. The number of nitrogens with zero attached hydrogens (tertiary/aromatic N) is 3.